The minimum Gasteiger partial charge on any atom is -0.488 e. The van der Waals surface area contributed by atoms with Crippen LogP contribution in [-0.4, -0.2) is 49.9 Å². The molecule has 2 atom stereocenters. The third kappa shape index (κ3) is 5.51. The summed E-state index contributed by atoms with van der Waals surface area (Å²) in [6.45, 7) is 3.91. The molecule has 0 aliphatic heterocycles. The molecule has 174 valence electrons. The number of unbranched alkanes of at least 4 members (excludes halogenated alkanes) is 1. The summed E-state index contributed by atoms with van der Waals surface area (Å²) in [7, 11) is 1.56. The number of carboxylic acid groups (broad SMARTS) is 1. The fraction of sp³-hybridized carbons (Fsp3) is 0.571. The van der Waals surface area contributed by atoms with Crippen molar-refractivity contribution in [2.45, 2.75) is 58.5 Å². The third-order valence-electron chi connectivity index (χ3n) is 5.39. The Morgan fingerprint density at radius 2 is 2.12 bits per heavy atom. The smallest absolute Gasteiger partial charge is 0.412 e. The lowest BCUT2D eigenvalue weighted by Crippen LogP contribution is -2.29. The maximum atomic E-state index is 15.0. The van der Waals surface area contributed by atoms with Crippen molar-refractivity contribution >= 4 is 17.9 Å². The number of pyridine rings is 1. The van der Waals surface area contributed by atoms with E-state index in [9.17, 15) is 19.1 Å². The number of hydrogen-bond donors (Lipinski definition) is 2. The Kier molecular flexibility index (Phi) is 7.60. The number of carbonyl (C=O) groups excluding carboxylic acids is 1. The van der Waals surface area contributed by atoms with E-state index in [4.69, 9.17) is 9.47 Å². The van der Waals surface area contributed by atoms with Crippen LogP contribution in [0.25, 0.3) is 11.4 Å². The molecule has 3 rings (SSSR count). The molecule has 1 aliphatic rings. The molecule has 0 unspecified atom stereocenters. The van der Waals surface area contributed by atoms with Gasteiger partial charge in [0.05, 0.1) is 24.3 Å². The summed E-state index contributed by atoms with van der Waals surface area (Å²) >= 11 is 0. The van der Waals surface area contributed by atoms with Gasteiger partial charge in [-0.3, -0.25) is 10.1 Å². The highest BCUT2D eigenvalue weighted by Crippen LogP contribution is 2.33. The zero-order valence-electron chi connectivity index (χ0n) is 18.4. The van der Waals surface area contributed by atoms with Crippen molar-refractivity contribution in [2.24, 2.45) is 13.0 Å². The third-order valence-corrected chi connectivity index (χ3v) is 5.39. The van der Waals surface area contributed by atoms with Gasteiger partial charge in [0.1, 0.15) is 11.4 Å². The predicted octanol–water partition coefficient (Wildman–Crippen LogP) is 3.70. The number of ether oxygens (including phenoxy) is 2. The van der Waals surface area contributed by atoms with Crippen LogP contribution >= 0.6 is 0 Å². The van der Waals surface area contributed by atoms with Crippen LogP contribution in [-0.2, 0) is 16.6 Å². The van der Waals surface area contributed by atoms with Gasteiger partial charge >= 0.3 is 12.1 Å². The van der Waals surface area contributed by atoms with Crippen molar-refractivity contribution in [2.75, 3.05) is 11.9 Å². The van der Waals surface area contributed by atoms with Gasteiger partial charge in [-0.25, -0.2) is 18.9 Å². The summed E-state index contributed by atoms with van der Waals surface area (Å²) in [6, 6.07) is 1.21. The number of carboxylic acids is 1. The van der Waals surface area contributed by atoms with Crippen LogP contribution in [0.15, 0.2) is 6.07 Å². The maximum absolute atomic E-state index is 15.0. The highest BCUT2D eigenvalue weighted by atomic mass is 19.1. The number of nitrogens with zero attached hydrogens (tertiary/aromatic N) is 4. The van der Waals surface area contributed by atoms with E-state index >= 15 is 0 Å². The number of hydrogen-bond acceptors (Lipinski definition) is 7. The lowest BCUT2D eigenvalue weighted by atomic mass is 9.87. The molecular weight excluding hydrogens is 421 g/mol. The largest absolute Gasteiger partial charge is 0.488 e. The van der Waals surface area contributed by atoms with Crippen LogP contribution in [0.1, 0.15) is 51.1 Å². The van der Waals surface area contributed by atoms with Crippen molar-refractivity contribution < 1.29 is 28.6 Å². The van der Waals surface area contributed by atoms with E-state index in [-0.39, 0.29) is 35.7 Å². The molecule has 0 spiro atoms. The van der Waals surface area contributed by atoms with Gasteiger partial charge in [-0.15, -0.1) is 5.10 Å². The van der Waals surface area contributed by atoms with E-state index in [0.717, 1.165) is 19.3 Å². The average Bonchev–Trinajstić information content (AvgIpc) is 3.11. The standard InChI is InChI=1S/C21H28FN5O5/c1-4-5-9-31-21(30)24-19-18(25-26-27(19)3)17-15(22)11-16(12(2)23-17)32-14-8-6-7-13(10-14)20(28)29/h11,13-14H,4-10H2,1-3H3,(H,24,30)(H,28,29)/t13-,14-/m0/s1. The Morgan fingerprint density at radius 3 is 2.84 bits per heavy atom. The van der Waals surface area contributed by atoms with Crippen LogP contribution in [0.2, 0.25) is 0 Å². The van der Waals surface area contributed by atoms with Crippen LogP contribution in [0.4, 0.5) is 15.0 Å². The fourth-order valence-electron chi connectivity index (χ4n) is 3.60. The number of halogens is 1. The highest BCUT2D eigenvalue weighted by molar-refractivity contribution is 5.88. The Labute approximate surface area is 185 Å². The van der Waals surface area contributed by atoms with Crippen molar-refractivity contribution in [3.8, 4) is 17.1 Å². The van der Waals surface area contributed by atoms with Crippen LogP contribution in [0.3, 0.4) is 0 Å². The molecule has 2 aromatic heterocycles. The zero-order valence-corrected chi connectivity index (χ0v) is 18.4. The van der Waals surface area contributed by atoms with Gasteiger partial charge in [0, 0.05) is 13.1 Å². The molecule has 0 bridgehead atoms. The lowest BCUT2D eigenvalue weighted by molar-refractivity contribution is -0.143. The minimum absolute atomic E-state index is 0.0655. The minimum atomic E-state index is -0.842. The van der Waals surface area contributed by atoms with Gasteiger partial charge in [-0.2, -0.15) is 0 Å². The number of rotatable bonds is 8. The number of aromatic nitrogens is 4. The molecular formula is C21H28FN5O5. The molecule has 0 saturated heterocycles. The van der Waals surface area contributed by atoms with Gasteiger partial charge in [0.15, 0.2) is 17.3 Å². The Hall–Kier alpha value is -3.24. The number of anilines is 1. The maximum Gasteiger partial charge on any atom is 0.412 e. The second kappa shape index (κ2) is 10.4. The second-order valence-electron chi connectivity index (χ2n) is 7.87. The zero-order chi connectivity index (χ0) is 23.3. The average molecular weight is 449 g/mol. The molecule has 0 aromatic carbocycles. The molecule has 1 saturated carbocycles. The van der Waals surface area contributed by atoms with E-state index in [1.807, 2.05) is 6.92 Å². The SMILES string of the molecule is CCCCOC(=O)Nc1c(-c2nc(C)c(O[C@H]3CCC[C@H](C(=O)O)C3)cc2F)nnn1C. The Morgan fingerprint density at radius 1 is 1.34 bits per heavy atom. The van der Waals surface area contributed by atoms with Crippen LogP contribution in [0, 0.1) is 18.7 Å². The Bertz CT molecular complexity index is 980. The lowest BCUT2D eigenvalue weighted by Gasteiger charge is -2.27. The van der Waals surface area contributed by atoms with Gasteiger partial charge in [-0.1, -0.05) is 18.6 Å². The van der Waals surface area contributed by atoms with Crippen molar-refractivity contribution in [1.29, 1.82) is 0 Å². The van der Waals surface area contributed by atoms with Gasteiger partial charge in [0.2, 0.25) is 0 Å². The molecule has 1 fully saturated rings. The van der Waals surface area contributed by atoms with E-state index < -0.39 is 23.8 Å². The van der Waals surface area contributed by atoms with E-state index in [0.29, 0.717) is 25.0 Å². The molecule has 2 aromatic rings. The normalized spacial score (nSPS) is 18.2. The summed E-state index contributed by atoms with van der Waals surface area (Å²) in [6.07, 6.45) is 3.03. The highest BCUT2D eigenvalue weighted by Gasteiger charge is 2.29. The number of aryl methyl sites for hydroxylation is 2. The monoisotopic (exact) mass is 449 g/mol. The second-order valence-corrected chi connectivity index (χ2v) is 7.87. The first-order valence-corrected chi connectivity index (χ1v) is 10.7. The van der Waals surface area contributed by atoms with Gasteiger partial charge < -0.3 is 14.6 Å². The molecule has 2 N–H and O–H groups in total. The van der Waals surface area contributed by atoms with E-state index in [1.54, 1.807) is 14.0 Å². The molecule has 11 heteroatoms. The molecule has 2 heterocycles. The summed E-state index contributed by atoms with van der Waals surface area (Å²) in [5.41, 5.74) is 0.399. The molecule has 1 aliphatic carbocycles. The van der Waals surface area contributed by atoms with E-state index in [2.05, 4.69) is 20.6 Å². The Balaban J connectivity index is 1.78. The number of aliphatic carboxylic acids is 1. The predicted molar refractivity (Wildman–Crippen MR) is 113 cm³/mol. The van der Waals surface area contributed by atoms with Gasteiger partial charge in [0.25, 0.3) is 0 Å². The van der Waals surface area contributed by atoms with Gasteiger partial charge in [-0.05, 0) is 39.0 Å². The molecule has 0 radical (unpaired) electrons. The number of carbonyl (C=O) groups is 2. The molecule has 1 amide bonds. The van der Waals surface area contributed by atoms with Crippen LogP contribution < -0.4 is 10.1 Å². The first kappa shape index (κ1) is 23.4. The van der Waals surface area contributed by atoms with E-state index in [1.165, 1.54) is 10.7 Å². The fourth-order valence-corrected chi connectivity index (χ4v) is 3.60. The van der Waals surface area contributed by atoms with Crippen molar-refractivity contribution in [3.63, 3.8) is 0 Å². The van der Waals surface area contributed by atoms with Crippen molar-refractivity contribution in [1.82, 2.24) is 20.0 Å². The molecule has 32 heavy (non-hydrogen) atoms. The summed E-state index contributed by atoms with van der Waals surface area (Å²) < 4.78 is 27.3. The van der Waals surface area contributed by atoms with Crippen molar-refractivity contribution in [3.05, 3.63) is 17.6 Å². The number of nitrogens with one attached hydrogen (secondary N) is 1. The summed E-state index contributed by atoms with van der Waals surface area (Å²) in [5, 5.41) is 19.6. The van der Waals surface area contributed by atoms with Crippen LogP contribution in [0.5, 0.6) is 5.75 Å². The quantitative estimate of drug-likeness (QED) is 0.584. The topological polar surface area (TPSA) is 128 Å². The first-order chi connectivity index (χ1) is 15.3. The molecule has 10 nitrogen and oxygen atoms in total. The first-order valence-electron chi connectivity index (χ1n) is 10.7. The summed E-state index contributed by atoms with van der Waals surface area (Å²) in [5.74, 6) is -1.59. The summed E-state index contributed by atoms with van der Waals surface area (Å²) in [4.78, 5) is 27.6. The number of amides is 1.